The Labute approximate surface area is 132 Å². The van der Waals surface area contributed by atoms with E-state index in [1.54, 1.807) is 0 Å². The molecule has 0 aliphatic heterocycles. The van der Waals surface area contributed by atoms with Gasteiger partial charge in [0, 0.05) is 0 Å². The van der Waals surface area contributed by atoms with Crippen molar-refractivity contribution in [2.45, 2.75) is 12.8 Å². The van der Waals surface area contributed by atoms with E-state index >= 15 is 0 Å². The van der Waals surface area contributed by atoms with Crippen molar-refractivity contribution in [2.24, 2.45) is 0 Å². The summed E-state index contributed by atoms with van der Waals surface area (Å²) >= 11 is 12.4. The molecule has 3 aromatic rings. The lowest BCUT2D eigenvalue weighted by Crippen LogP contribution is -2.03. The van der Waals surface area contributed by atoms with Crippen molar-refractivity contribution in [2.75, 3.05) is 0 Å². The second-order valence-electron chi connectivity index (χ2n) is 4.69. The van der Waals surface area contributed by atoms with Crippen molar-refractivity contribution in [3.05, 3.63) is 58.4 Å². The number of fused-ring (bicyclic) bond motifs is 1. The van der Waals surface area contributed by atoms with E-state index in [0.717, 1.165) is 22.3 Å². The van der Waals surface area contributed by atoms with Gasteiger partial charge in [0.2, 0.25) is 0 Å². The minimum atomic E-state index is 0.240. The highest BCUT2D eigenvalue weighted by atomic mass is 35.5. The molecule has 0 saturated carbocycles. The minimum absolute atomic E-state index is 0.240. The van der Waals surface area contributed by atoms with E-state index in [0.29, 0.717) is 16.4 Å². The van der Waals surface area contributed by atoms with Gasteiger partial charge >= 0.3 is 0 Å². The van der Waals surface area contributed by atoms with Crippen LogP contribution in [0, 0.1) is 18.3 Å². The summed E-state index contributed by atoms with van der Waals surface area (Å²) in [6, 6.07) is 13.5. The Bertz CT molecular complexity index is 875. The van der Waals surface area contributed by atoms with Gasteiger partial charge in [0.15, 0.2) is 0 Å². The number of aromatic nitrogens is 2. The maximum atomic E-state index is 9.45. The van der Waals surface area contributed by atoms with Crippen LogP contribution >= 0.6 is 23.2 Å². The molecular weight excluding hydrogens is 305 g/mol. The van der Waals surface area contributed by atoms with Crippen molar-refractivity contribution < 1.29 is 0 Å². The molecule has 1 heterocycles. The second kappa shape index (κ2) is 5.40. The first-order valence-corrected chi connectivity index (χ1v) is 7.30. The molecule has 21 heavy (non-hydrogen) atoms. The van der Waals surface area contributed by atoms with Gasteiger partial charge in [-0.1, -0.05) is 29.8 Å². The van der Waals surface area contributed by atoms with Gasteiger partial charge in [-0.2, -0.15) is 5.26 Å². The Morgan fingerprint density at radius 1 is 1.24 bits per heavy atom. The van der Waals surface area contributed by atoms with Crippen molar-refractivity contribution >= 4 is 34.2 Å². The molecule has 0 atom stereocenters. The van der Waals surface area contributed by atoms with Gasteiger partial charge in [-0.05, 0) is 30.7 Å². The molecule has 104 valence electrons. The standard InChI is InChI=1S/C16H11Cl2N3/c1-10-4-2-7-14(11(10)9-19)21-15(8-17)20-13-6-3-5-12(18)16(13)21/h2-7H,8H2,1H3. The summed E-state index contributed by atoms with van der Waals surface area (Å²) in [4.78, 5) is 4.51. The Morgan fingerprint density at radius 2 is 2.00 bits per heavy atom. The molecule has 2 aromatic carbocycles. The Kier molecular flexibility index (Phi) is 3.59. The number of nitrogens with zero attached hydrogens (tertiary/aromatic N) is 3. The zero-order chi connectivity index (χ0) is 15.0. The van der Waals surface area contributed by atoms with Gasteiger partial charge in [0.1, 0.15) is 11.9 Å². The number of rotatable bonds is 2. The van der Waals surface area contributed by atoms with Gasteiger partial charge in [-0.15, -0.1) is 11.6 Å². The fraction of sp³-hybridized carbons (Fsp3) is 0.125. The van der Waals surface area contributed by atoms with Gasteiger partial charge < -0.3 is 0 Å². The van der Waals surface area contributed by atoms with E-state index in [4.69, 9.17) is 23.2 Å². The number of hydrogen-bond acceptors (Lipinski definition) is 2. The molecule has 1 aromatic heterocycles. The van der Waals surface area contributed by atoms with Crippen molar-refractivity contribution in [1.29, 1.82) is 5.26 Å². The molecule has 3 rings (SSSR count). The summed E-state index contributed by atoms with van der Waals surface area (Å²) in [5.41, 5.74) is 3.80. The van der Waals surface area contributed by atoms with E-state index in [9.17, 15) is 5.26 Å². The SMILES string of the molecule is Cc1cccc(-n2c(CCl)nc3cccc(Cl)c32)c1C#N. The lowest BCUT2D eigenvalue weighted by Gasteiger charge is -2.12. The van der Waals surface area contributed by atoms with Crippen LogP contribution in [0.1, 0.15) is 17.0 Å². The number of hydrogen-bond donors (Lipinski definition) is 0. The number of para-hydroxylation sites is 1. The van der Waals surface area contributed by atoms with Gasteiger partial charge in [-0.25, -0.2) is 4.98 Å². The second-order valence-corrected chi connectivity index (χ2v) is 5.36. The van der Waals surface area contributed by atoms with Crippen LogP contribution in [0.5, 0.6) is 0 Å². The van der Waals surface area contributed by atoms with E-state index in [-0.39, 0.29) is 5.88 Å². The minimum Gasteiger partial charge on any atom is -0.292 e. The normalized spacial score (nSPS) is 10.8. The Morgan fingerprint density at radius 3 is 2.71 bits per heavy atom. The molecule has 0 fully saturated rings. The van der Waals surface area contributed by atoms with E-state index in [2.05, 4.69) is 11.1 Å². The molecule has 0 unspecified atom stereocenters. The van der Waals surface area contributed by atoms with E-state index in [1.807, 2.05) is 47.9 Å². The molecule has 3 nitrogen and oxygen atoms in total. The molecule has 0 radical (unpaired) electrons. The van der Waals surface area contributed by atoms with Gasteiger partial charge in [0.25, 0.3) is 0 Å². The number of alkyl halides is 1. The average Bonchev–Trinajstić information content (AvgIpc) is 2.86. The quantitative estimate of drug-likeness (QED) is 0.648. The number of nitriles is 1. The van der Waals surface area contributed by atoms with Crippen molar-refractivity contribution in [1.82, 2.24) is 9.55 Å². The Hall–Kier alpha value is -2.02. The summed E-state index contributed by atoms with van der Waals surface area (Å²) in [5.74, 6) is 0.908. The van der Waals surface area contributed by atoms with Gasteiger partial charge in [-0.3, -0.25) is 4.57 Å². The van der Waals surface area contributed by atoms with Crippen LogP contribution in [0.25, 0.3) is 16.7 Å². The lowest BCUT2D eigenvalue weighted by molar-refractivity contribution is 0.976. The highest BCUT2D eigenvalue weighted by Gasteiger charge is 2.17. The first kappa shape index (κ1) is 13.9. The van der Waals surface area contributed by atoms with Crippen LogP contribution in [0.4, 0.5) is 0 Å². The molecule has 0 saturated heterocycles. The summed E-state index contributed by atoms with van der Waals surface area (Å²) in [7, 11) is 0. The largest absolute Gasteiger partial charge is 0.292 e. The van der Waals surface area contributed by atoms with Crippen molar-refractivity contribution in [3.63, 3.8) is 0 Å². The van der Waals surface area contributed by atoms with Crippen LogP contribution in [0.3, 0.4) is 0 Å². The highest BCUT2D eigenvalue weighted by molar-refractivity contribution is 6.35. The number of halogens is 2. The van der Waals surface area contributed by atoms with Crippen LogP contribution < -0.4 is 0 Å². The zero-order valence-corrected chi connectivity index (χ0v) is 12.8. The number of benzene rings is 2. The van der Waals surface area contributed by atoms with Gasteiger partial charge in [0.05, 0.1) is 33.2 Å². The summed E-state index contributed by atoms with van der Waals surface area (Å²) < 4.78 is 1.87. The van der Waals surface area contributed by atoms with Crippen LogP contribution in [-0.2, 0) is 5.88 Å². The maximum Gasteiger partial charge on any atom is 0.129 e. The molecular formula is C16H11Cl2N3. The summed E-state index contributed by atoms with van der Waals surface area (Å²) in [6.07, 6.45) is 0. The fourth-order valence-corrected chi connectivity index (χ4v) is 2.90. The van der Waals surface area contributed by atoms with Crippen LogP contribution in [0.15, 0.2) is 36.4 Å². The van der Waals surface area contributed by atoms with Crippen molar-refractivity contribution in [3.8, 4) is 11.8 Å². The van der Waals surface area contributed by atoms with Crippen LogP contribution in [-0.4, -0.2) is 9.55 Å². The van der Waals surface area contributed by atoms with E-state index < -0.39 is 0 Å². The highest BCUT2D eigenvalue weighted by Crippen LogP contribution is 2.30. The van der Waals surface area contributed by atoms with E-state index in [1.165, 1.54) is 0 Å². The molecule has 0 aliphatic carbocycles. The molecule has 0 bridgehead atoms. The first-order valence-electron chi connectivity index (χ1n) is 6.39. The lowest BCUT2D eigenvalue weighted by atomic mass is 10.1. The molecule has 0 spiro atoms. The predicted molar refractivity (Wildman–Crippen MR) is 85.1 cm³/mol. The third kappa shape index (κ3) is 2.17. The predicted octanol–water partition coefficient (Wildman–Crippen LogP) is 4.60. The number of aryl methyl sites for hydroxylation is 1. The first-order chi connectivity index (χ1) is 10.2. The molecule has 0 amide bonds. The average molecular weight is 316 g/mol. The van der Waals surface area contributed by atoms with Crippen LogP contribution in [0.2, 0.25) is 5.02 Å². The molecule has 0 N–H and O–H groups in total. The smallest absolute Gasteiger partial charge is 0.129 e. The molecule has 5 heteroatoms. The monoisotopic (exact) mass is 315 g/mol. The summed E-state index contributed by atoms with van der Waals surface area (Å²) in [6.45, 7) is 1.91. The third-order valence-corrected chi connectivity index (χ3v) is 3.96. The topological polar surface area (TPSA) is 41.6 Å². The maximum absolute atomic E-state index is 9.45. The number of imidazole rings is 1. The fourth-order valence-electron chi connectivity index (χ4n) is 2.47. The third-order valence-electron chi connectivity index (χ3n) is 3.42. The summed E-state index contributed by atoms with van der Waals surface area (Å²) in [5, 5.41) is 10.0. The zero-order valence-electron chi connectivity index (χ0n) is 11.3. The molecule has 0 aliphatic rings. The Balaban J connectivity index is 2.46.